The molecule has 0 atom stereocenters. The lowest BCUT2D eigenvalue weighted by Crippen LogP contribution is -2.04. The Morgan fingerprint density at radius 3 is 2.50 bits per heavy atom. The van der Waals surface area contributed by atoms with Crippen molar-refractivity contribution in [3.63, 3.8) is 0 Å². The Hall–Kier alpha value is -0.920. The first-order chi connectivity index (χ1) is 5.72. The highest BCUT2D eigenvalue weighted by Crippen LogP contribution is 2.13. The topological polar surface area (TPSA) is 35.8 Å². The molecule has 0 heterocycles. The highest BCUT2D eigenvalue weighted by Gasteiger charge is 1.94. The van der Waals surface area contributed by atoms with Crippen molar-refractivity contribution >= 4 is 38.8 Å². The Balaban J connectivity index is 2.73. The Morgan fingerprint density at radius 2 is 2.00 bits per heavy atom. The molecule has 0 radical (unpaired) electrons. The zero-order valence-corrected chi connectivity index (χ0v) is 8.45. The molecule has 1 rings (SSSR count). The van der Waals surface area contributed by atoms with Crippen LogP contribution in [-0.2, 0) is 0 Å². The summed E-state index contributed by atoms with van der Waals surface area (Å²) in [7, 11) is 0. The summed E-state index contributed by atoms with van der Waals surface area (Å²) in [6.07, 6.45) is 0. The number of rotatable bonds is 1. The van der Waals surface area contributed by atoms with Crippen molar-refractivity contribution in [3.05, 3.63) is 28.7 Å². The summed E-state index contributed by atoms with van der Waals surface area (Å²) in [6, 6.07) is 9.27. The van der Waals surface area contributed by atoms with Crippen LogP contribution in [0.1, 0.15) is 0 Å². The average Bonchev–Trinajstić information content (AvgIpc) is 2.09. The van der Waals surface area contributed by atoms with Crippen molar-refractivity contribution in [2.24, 2.45) is 0 Å². The second-order valence-electron chi connectivity index (χ2n) is 2.07. The molecule has 0 fully saturated rings. The van der Waals surface area contributed by atoms with E-state index in [-0.39, 0.29) is 4.99 Å². The molecule has 0 saturated carbocycles. The van der Waals surface area contributed by atoms with E-state index in [1.807, 2.05) is 30.3 Å². The fourth-order valence-corrected chi connectivity index (χ4v) is 1.07. The van der Waals surface area contributed by atoms with Crippen LogP contribution in [0.3, 0.4) is 0 Å². The van der Waals surface area contributed by atoms with Gasteiger partial charge in [0.25, 0.3) is 0 Å². The minimum Gasteiger partial charge on any atom is -0.338 e. The van der Waals surface area contributed by atoms with Crippen LogP contribution in [0.5, 0.6) is 0 Å². The number of halogens is 1. The number of hydrogen-bond acceptors (Lipinski definition) is 2. The molecule has 0 aliphatic rings. The van der Waals surface area contributed by atoms with Gasteiger partial charge in [0.05, 0.1) is 0 Å². The molecule has 0 aliphatic carbocycles. The lowest BCUT2D eigenvalue weighted by molar-refractivity contribution is 1.54. The molecular weight excluding hydrogens is 236 g/mol. The summed E-state index contributed by atoms with van der Waals surface area (Å²) < 4.78 is 0.996. The van der Waals surface area contributed by atoms with Gasteiger partial charge in [0, 0.05) is 10.2 Å². The summed E-state index contributed by atoms with van der Waals surface area (Å²) in [5, 5.41) is 11.2. The SMILES string of the molecule is N#CC(=S)Nc1ccc(Br)cc1. The van der Waals surface area contributed by atoms with Crippen LogP contribution in [-0.4, -0.2) is 4.99 Å². The van der Waals surface area contributed by atoms with Gasteiger partial charge in [0.15, 0.2) is 4.99 Å². The van der Waals surface area contributed by atoms with Crippen LogP contribution in [0.2, 0.25) is 0 Å². The zero-order valence-electron chi connectivity index (χ0n) is 6.04. The van der Waals surface area contributed by atoms with Gasteiger partial charge in [-0.1, -0.05) is 15.9 Å². The second kappa shape index (κ2) is 4.19. The van der Waals surface area contributed by atoms with Crippen molar-refractivity contribution in [1.82, 2.24) is 0 Å². The van der Waals surface area contributed by atoms with Gasteiger partial charge in [0.2, 0.25) is 0 Å². The molecule has 2 nitrogen and oxygen atoms in total. The number of nitrogens with one attached hydrogen (secondary N) is 1. The largest absolute Gasteiger partial charge is 0.338 e. The van der Waals surface area contributed by atoms with E-state index in [0.717, 1.165) is 10.2 Å². The average molecular weight is 241 g/mol. The summed E-state index contributed by atoms with van der Waals surface area (Å²) in [6.45, 7) is 0. The fourth-order valence-electron chi connectivity index (χ4n) is 0.692. The molecule has 0 aromatic heterocycles. The molecule has 0 spiro atoms. The van der Waals surface area contributed by atoms with Crippen LogP contribution in [0.4, 0.5) is 5.69 Å². The van der Waals surface area contributed by atoms with E-state index in [0.29, 0.717) is 0 Å². The molecule has 0 bridgehead atoms. The molecule has 0 amide bonds. The fraction of sp³-hybridized carbons (Fsp3) is 0. The molecule has 1 aromatic rings. The number of anilines is 1. The second-order valence-corrected chi connectivity index (χ2v) is 3.40. The van der Waals surface area contributed by atoms with E-state index in [1.165, 1.54) is 0 Å². The smallest absolute Gasteiger partial charge is 0.182 e. The van der Waals surface area contributed by atoms with Crippen LogP contribution in [0.15, 0.2) is 28.7 Å². The maximum Gasteiger partial charge on any atom is 0.182 e. The third kappa shape index (κ3) is 2.61. The summed E-state index contributed by atoms with van der Waals surface area (Å²) in [5.74, 6) is 0. The van der Waals surface area contributed by atoms with Gasteiger partial charge in [-0.2, -0.15) is 5.26 Å². The first-order valence-electron chi connectivity index (χ1n) is 3.19. The maximum absolute atomic E-state index is 8.39. The molecular formula is C8H5BrN2S. The van der Waals surface area contributed by atoms with E-state index < -0.39 is 0 Å². The molecule has 0 aliphatic heterocycles. The van der Waals surface area contributed by atoms with Crippen LogP contribution >= 0.6 is 28.1 Å². The molecule has 1 aromatic carbocycles. The number of benzene rings is 1. The van der Waals surface area contributed by atoms with Gasteiger partial charge in [0.1, 0.15) is 6.07 Å². The molecule has 4 heteroatoms. The van der Waals surface area contributed by atoms with Crippen molar-refractivity contribution in [3.8, 4) is 6.07 Å². The first-order valence-corrected chi connectivity index (χ1v) is 4.39. The normalized spacial score (nSPS) is 8.67. The Labute approximate surface area is 84.3 Å². The van der Waals surface area contributed by atoms with Gasteiger partial charge < -0.3 is 5.32 Å². The van der Waals surface area contributed by atoms with Crippen molar-refractivity contribution < 1.29 is 0 Å². The van der Waals surface area contributed by atoms with Crippen LogP contribution in [0.25, 0.3) is 0 Å². The highest BCUT2D eigenvalue weighted by molar-refractivity contribution is 9.10. The van der Waals surface area contributed by atoms with E-state index >= 15 is 0 Å². The maximum atomic E-state index is 8.39. The number of thiocarbonyl (C=S) groups is 1. The van der Waals surface area contributed by atoms with Gasteiger partial charge in [-0.25, -0.2) is 0 Å². The van der Waals surface area contributed by atoms with Crippen molar-refractivity contribution in [2.45, 2.75) is 0 Å². The molecule has 60 valence electrons. The quantitative estimate of drug-likeness (QED) is 0.768. The molecule has 1 N–H and O–H groups in total. The predicted octanol–water partition coefficient (Wildman–Crippen LogP) is 2.71. The number of nitrogens with zero attached hydrogens (tertiary/aromatic N) is 1. The van der Waals surface area contributed by atoms with Gasteiger partial charge in [-0.05, 0) is 36.5 Å². The van der Waals surface area contributed by atoms with Gasteiger partial charge in [-0.3, -0.25) is 0 Å². The van der Waals surface area contributed by atoms with Gasteiger partial charge in [-0.15, -0.1) is 0 Å². The minimum absolute atomic E-state index is 0.178. The standard InChI is InChI=1S/C8H5BrN2S/c9-6-1-3-7(4-2-6)11-8(12)5-10/h1-4H,(H,11,12). The molecule has 0 unspecified atom stereocenters. The molecule has 12 heavy (non-hydrogen) atoms. The Kier molecular flexibility index (Phi) is 3.20. The van der Waals surface area contributed by atoms with Crippen molar-refractivity contribution in [2.75, 3.05) is 5.32 Å². The highest BCUT2D eigenvalue weighted by atomic mass is 79.9. The summed E-state index contributed by atoms with van der Waals surface area (Å²) in [4.78, 5) is 0.178. The summed E-state index contributed by atoms with van der Waals surface area (Å²) >= 11 is 7.99. The van der Waals surface area contributed by atoms with E-state index in [9.17, 15) is 0 Å². The third-order valence-corrected chi connectivity index (χ3v) is 1.93. The number of hydrogen-bond donors (Lipinski definition) is 1. The lowest BCUT2D eigenvalue weighted by atomic mass is 10.3. The molecule has 0 saturated heterocycles. The summed E-state index contributed by atoms with van der Waals surface area (Å²) in [5.41, 5.74) is 0.824. The first kappa shape index (κ1) is 9.17. The Morgan fingerprint density at radius 1 is 1.42 bits per heavy atom. The minimum atomic E-state index is 0.178. The zero-order chi connectivity index (χ0) is 8.97. The van der Waals surface area contributed by atoms with E-state index in [4.69, 9.17) is 5.26 Å². The van der Waals surface area contributed by atoms with Crippen molar-refractivity contribution in [1.29, 1.82) is 5.26 Å². The lowest BCUT2D eigenvalue weighted by Gasteiger charge is -2.00. The van der Waals surface area contributed by atoms with Crippen LogP contribution < -0.4 is 5.32 Å². The third-order valence-electron chi connectivity index (χ3n) is 1.20. The monoisotopic (exact) mass is 240 g/mol. The van der Waals surface area contributed by atoms with E-state index in [1.54, 1.807) is 0 Å². The van der Waals surface area contributed by atoms with E-state index in [2.05, 4.69) is 33.5 Å². The van der Waals surface area contributed by atoms with Crippen LogP contribution in [0, 0.1) is 11.3 Å². The number of nitriles is 1. The Bertz CT molecular complexity index is 326. The predicted molar refractivity (Wildman–Crippen MR) is 56.0 cm³/mol. The van der Waals surface area contributed by atoms with Gasteiger partial charge >= 0.3 is 0 Å².